The van der Waals surface area contributed by atoms with Gasteiger partial charge in [-0.25, -0.2) is 17.6 Å². The molecule has 0 aliphatic rings. The Labute approximate surface area is 117 Å². The molecular weight excluding hydrogens is 290 g/mol. The number of aldehydes is 1. The molecule has 0 saturated carbocycles. The van der Waals surface area contributed by atoms with Crippen molar-refractivity contribution >= 4 is 12.5 Å². The lowest BCUT2D eigenvalue weighted by molar-refractivity contribution is 0.111. The number of hydrogen-bond donors (Lipinski definition) is 1. The summed E-state index contributed by atoms with van der Waals surface area (Å²) < 4.78 is 49.3. The quantitative estimate of drug-likeness (QED) is 0.303. The highest BCUT2D eigenvalue weighted by molar-refractivity contribution is 5.79. The van der Waals surface area contributed by atoms with E-state index < -0.39 is 23.3 Å². The SMILES string of the molecule is O/N=C/c1ccc(F)cc1F.O=Cc1ccc(F)cc1F. The molecule has 0 fully saturated rings. The normalized spacial score (nSPS) is 10.1. The summed E-state index contributed by atoms with van der Waals surface area (Å²) in [6.45, 7) is 0. The maximum absolute atomic E-state index is 12.6. The predicted molar refractivity (Wildman–Crippen MR) is 67.5 cm³/mol. The zero-order valence-electron chi connectivity index (χ0n) is 10.4. The van der Waals surface area contributed by atoms with E-state index in [0.717, 1.165) is 30.5 Å². The van der Waals surface area contributed by atoms with Crippen LogP contribution in [0.15, 0.2) is 41.6 Å². The summed E-state index contributed by atoms with van der Waals surface area (Å²) in [5, 5.41) is 10.6. The Morgan fingerprint density at radius 3 is 1.71 bits per heavy atom. The predicted octanol–water partition coefficient (Wildman–Crippen LogP) is 3.55. The first-order valence-corrected chi connectivity index (χ1v) is 5.50. The molecule has 2 rings (SSSR count). The summed E-state index contributed by atoms with van der Waals surface area (Å²) in [7, 11) is 0. The molecule has 0 saturated heterocycles. The van der Waals surface area contributed by atoms with Gasteiger partial charge in [0.05, 0.1) is 11.8 Å². The third-order valence-corrected chi connectivity index (χ3v) is 2.25. The molecule has 0 atom stereocenters. The largest absolute Gasteiger partial charge is 0.411 e. The third kappa shape index (κ3) is 5.06. The number of benzene rings is 2. The van der Waals surface area contributed by atoms with Gasteiger partial charge in [-0.15, -0.1) is 0 Å². The molecule has 0 spiro atoms. The molecule has 2 aromatic carbocycles. The molecule has 0 aliphatic heterocycles. The van der Waals surface area contributed by atoms with Crippen LogP contribution in [0.25, 0.3) is 0 Å². The summed E-state index contributed by atoms with van der Waals surface area (Å²) in [6.07, 6.45) is 1.24. The van der Waals surface area contributed by atoms with Gasteiger partial charge < -0.3 is 5.21 Å². The Morgan fingerprint density at radius 1 is 0.857 bits per heavy atom. The van der Waals surface area contributed by atoms with E-state index in [2.05, 4.69) is 5.16 Å². The molecule has 3 nitrogen and oxygen atoms in total. The van der Waals surface area contributed by atoms with Crippen molar-refractivity contribution in [2.75, 3.05) is 0 Å². The van der Waals surface area contributed by atoms with E-state index in [4.69, 9.17) is 5.21 Å². The smallest absolute Gasteiger partial charge is 0.152 e. The van der Waals surface area contributed by atoms with E-state index in [1.54, 1.807) is 0 Å². The van der Waals surface area contributed by atoms with Gasteiger partial charge in [0.1, 0.15) is 23.3 Å². The van der Waals surface area contributed by atoms with Crippen LogP contribution in [0.5, 0.6) is 0 Å². The Hall–Kier alpha value is -2.70. The summed E-state index contributed by atoms with van der Waals surface area (Å²) in [4.78, 5) is 9.98. The van der Waals surface area contributed by atoms with E-state index in [1.807, 2.05) is 0 Å². The van der Waals surface area contributed by atoms with Crippen molar-refractivity contribution in [2.24, 2.45) is 5.16 Å². The van der Waals surface area contributed by atoms with Crippen LogP contribution in [0.1, 0.15) is 15.9 Å². The number of halogens is 4. The lowest BCUT2D eigenvalue weighted by Gasteiger charge is -1.93. The van der Waals surface area contributed by atoms with Crippen LogP contribution in [0.4, 0.5) is 17.6 Å². The fraction of sp³-hybridized carbons (Fsp3) is 0. The molecule has 7 heteroatoms. The Kier molecular flexibility index (Phi) is 6.06. The van der Waals surface area contributed by atoms with Crippen molar-refractivity contribution in [3.8, 4) is 0 Å². The van der Waals surface area contributed by atoms with Crippen molar-refractivity contribution in [1.29, 1.82) is 0 Å². The van der Waals surface area contributed by atoms with Crippen LogP contribution in [0, 0.1) is 23.3 Å². The topological polar surface area (TPSA) is 49.7 Å². The van der Waals surface area contributed by atoms with Gasteiger partial charge >= 0.3 is 0 Å². The van der Waals surface area contributed by atoms with E-state index in [1.165, 1.54) is 6.07 Å². The zero-order valence-corrected chi connectivity index (χ0v) is 10.4. The van der Waals surface area contributed by atoms with Gasteiger partial charge in [0.25, 0.3) is 0 Å². The molecule has 0 heterocycles. The zero-order chi connectivity index (χ0) is 15.8. The number of hydrogen-bond acceptors (Lipinski definition) is 3. The fourth-order valence-electron chi connectivity index (χ4n) is 1.27. The van der Waals surface area contributed by atoms with Gasteiger partial charge in [-0.2, -0.15) is 0 Å². The van der Waals surface area contributed by atoms with E-state index in [9.17, 15) is 22.4 Å². The van der Waals surface area contributed by atoms with Crippen LogP contribution < -0.4 is 0 Å². The molecule has 0 radical (unpaired) electrons. The first-order chi connectivity index (χ1) is 9.97. The molecule has 21 heavy (non-hydrogen) atoms. The third-order valence-electron chi connectivity index (χ3n) is 2.25. The van der Waals surface area contributed by atoms with Gasteiger partial charge in [-0.1, -0.05) is 5.16 Å². The second kappa shape index (κ2) is 7.78. The minimum absolute atomic E-state index is 0.0499. The molecule has 2 aromatic rings. The highest BCUT2D eigenvalue weighted by Gasteiger charge is 2.00. The Balaban J connectivity index is 0.000000211. The van der Waals surface area contributed by atoms with Gasteiger partial charge in [-0.3, -0.25) is 4.79 Å². The summed E-state index contributed by atoms with van der Waals surface area (Å²) in [5.74, 6) is -2.90. The van der Waals surface area contributed by atoms with Crippen molar-refractivity contribution < 1.29 is 27.6 Å². The molecular formula is C14H9F4NO2. The van der Waals surface area contributed by atoms with Gasteiger partial charge in [0, 0.05) is 17.7 Å². The molecule has 110 valence electrons. The monoisotopic (exact) mass is 299 g/mol. The van der Waals surface area contributed by atoms with Crippen molar-refractivity contribution in [3.05, 3.63) is 70.8 Å². The van der Waals surface area contributed by atoms with Crippen LogP contribution in [0.3, 0.4) is 0 Å². The average molecular weight is 299 g/mol. The maximum Gasteiger partial charge on any atom is 0.152 e. The number of rotatable bonds is 2. The second-order valence-electron chi connectivity index (χ2n) is 3.69. The van der Waals surface area contributed by atoms with Crippen LogP contribution in [-0.2, 0) is 0 Å². The Bertz CT molecular complexity index is 659. The summed E-state index contributed by atoms with van der Waals surface area (Å²) in [5.41, 5.74) is -0.0738. The number of carbonyl (C=O) groups is 1. The Morgan fingerprint density at radius 2 is 1.33 bits per heavy atom. The highest BCUT2D eigenvalue weighted by Crippen LogP contribution is 2.07. The average Bonchev–Trinajstić information content (AvgIpc) is 2.43. The number of carbonyl (C=O) groups excluding carboxylic acids is 1. The van der Waals surface area contributed by atoms with Crippen molar-refractivity contribution in [1.82, 2.24) is 0 Å². The minimum Gasteiger partial charge on any atom is -0.411 e. The van der Waals surface area contributed by atoms with Crippen molar-refractivity contribution in [2.45, 2.75) is 0 Å². The van der Waals surface area contributed by atoms with Crippen molar-refractivity contribution in [3.63, 3.8) is 0 Å². The van der Waals surface area contributed by atoms with Crippen LogP contribution in [0.2, 0.25) is 0 Å². The number of nitrogens with zero attached hydrogens (tertiary/aromatic N) is 1. The molecule has 0 amide bonds. The van der Waals surface area contributed by atoms with Gasteiger partial charge in [0.15, 0.2) is 6.29 Å². The van der Waals surface area contributed by atoms with Gasteiger partial charge in [-0.05, 0) is 24.3 Å². The molecule has 0 bridgehead atoms. The number of oxime groups is 1. The summed E-state index contributed by atoms with van der Waals surface area (Å²) >= 11 is 0. The molecule has 0 aromatic heterocycles. The van der Waals surface area contributed by atoms with E-state index in [0.29, 0.717) is 12.4 Å². The maximum atomic E-state index is 12.6. The summed E-state index contributed by atoms with van der Waals surface area (Å²) in [6, 6.07) is 5.79. The molecule has 1 N–H and O–H groups in total. The molecule has 0 unspecified atom stereocenters. The minimum atomic E-state index is -0.824. The standard InChI is InChI=1S/C7H5F2NO.C7H4F2O/c8-6-2-1-5(4-10-11)7(9)3-6;8-6-2-1-5(4-10)7(9)3-6/h1-4,11H;1-4H/b10-4+;. The first kappa shape index (κ1) is 16.4. The van der Waals surface area contributed by atoms with Crippen LogP contribution in [-0.4, -0.2) is 17.7 Å². The highest BCUT2D eigenvalue weighted by atomic mass is 19.1. The van der Waals surface area contributed by atoms with Gasteiger partial charge in [0.2, 0.25) is 0 Å². The van der Waals surface area contributed by atoms with Crippen LogP contribution >= 0.6 is 0 Å². The first-order valence-electron chi connectivity index (χ1n) is 5.50. The molecule has 0 aliphatic carbocycles. The van der Waals surface area contributed by atoms with E-state index in [-0.39, 0.29) is 11.1 Å². The lowest BCUT2D eigenvalue weighted by atomic mass is 10.2. The van der Waals surface area contributed by atoms with E-state index >= 15 is 0 Å². The fourth-order valence-corrected chi connectivity index (χ4v) is 1.27. The second-order valence-corrected chi connectivity index (χ2v) is 3.69. The lowest BCUT2D eigenvalue weighted by Crippen LogP contribution is -1.88.